The van der Waals surface area contributed by atoms with Crippen LogP contribution in [0.15, 0.2) is 17.3 Å². The highest BCUT2D eigenvalue weighted by atomic mass is 16.4. The fourth-order valence-corrected chi connectivity index (χ4v) is 11.3. The van der Waals surface area contributed by atoms with Gasteiger partial charge in [0.25, 0.3) is 0 Å². The van der Waals surface area contributed by atoms with Crippen LogP contribution in [0.3, 0.4) is 0 Å². The predicted molar refractivity (Wildman–Crippen MR) is 134 cm³/mol. The highest BCUT2D eigenvalue weighted by Gasteiger charge is 2.70. The Morgan fingerprint density at radius 1 is 0.939 bits per heavy atom. The van der Waals surface area contributed by atoms with Crippen molar-refractivity contribution in [2.75, 3.05) is 0 Å². The van der Waals surface area contributed by atoms with E-state index in [0.717, 1.165) is 37.8 Å². The zero-order valence-corrected chi connectivity index (χ0v) is 22.0. The number of hydrogen-bond donors (Lipinski definition) is 1. The molecule has 0 radical (unpaired) electrons. The van der Waals surface area contributed by atoms with Gasteiger partial charge in [0.05, 0.1) is 17.2 Å². The van der Waals surface area contributed by atoms with Crippen LogP contribution in [0.5, 0.6) is 0 Å². The number of oxime groups is 1. The molecule has 182 valence electrons. The van der Waals surface area contributed by atoms with Crippen LogP contribution >= 0.6 is 0 Å². The Labute approximate surface area is 202 Å². The van der Waals surface area contributed by atoms with Crippen LogP contribution in [-0.2, 0) is 0 Å². The summed E-state index contributed by atoms with van der Waals surface area (Å²) >= 11 is 0. The molecule has 0 heterocycles. The molecular weight excluding hydrogens is 404 g/mol. The van der Waals surface area contributed by atoms with Gasteiger partial charge in [-0.15, -0.1) is 0 Å². The van der Waals surface area contributed by atoms with Crippen LogP contribution in [-0.4, -0.2) is 10.9 Å². The Morgan fingerprint density at radius 3 is 2.30 bits per heavy atom. The molecule has 33 heavy (non-hydrogen) atoms. The van der Waals surface area contributed by atoms with Gasteiger partial charge in [-0.05, 0) is 117 Å². The average Bonchev–Trinajstić information content (AvgIpc) is 3.14. The maximum atomic E-state index is 10.4. The van der Waals surface area contributed by atoms with Gasteiger partial charge >= 0.3 is 0 Å². The van der Waals surface area contributed by atoms with E-state index in [4.69, 9.17) is 0 Å². The molecule has 0 aromatic heterocycles. The van der Waals surface area contributed by atoms with Crippen LogP contribution in [0.2, 0.25) is 0 Å². The number of nitriles is 1. The van der Waals surface area contributed by atoms with Gasteiger partial charge in [-0.2, -0.15) is 5.26 Å². The van der Waals surface area contributed by atoms with E-state index in [1.165, 1.54) is 37.7 Å². The molecule has 0 bridgehead atoms. The summed E-state index contributed by atoms with van der Waals surface area (Å²) in [6.45, 7) is 19.2. The third kappa shape index (κ3) is 2.70. The van der Waals surface area contributed by atoms with Crippen molar-refractivity contribution in [2.45, 2.75) is 106 Å². The second-order valence-corrected chi connectivity index (χ2v) is 14.2. The SMILES string of the molecule is C=C(C)[C@@H]1CC[C@]2(C#N)CC[C@]3(C)C(CCC4[C@@]5(C)CC/C(=N\O)C(C)(C)C5CC[C@]43C)C12. The highest BCUT2D eigenvalue weighted by molar-refractivity contribution is 5.90. The Morgan fingerprint density at radius 2 is 1.67 bits per heavy atom. The highest BCUT2D eigenvalue weighted by Crippen LogP contribution is 2.77. The Balaban J connectivity index is 1.56. The largest absolute Gasteiger partial charge is 0.411 e. The van der Waals surface area contributed by atoms with Gasteiger partial charge in [0, 0.05) is 5.41 Å². The van der Waals surface area contributed by atoms with Crippen molar-refractivity contribution in [1.29, 1.82) is 5.26 Å². The molecule has 5 rings (SSSR count). The first-order chi connectivity index (χ1) is 15.4. The summed E-state index contributed by atoms with van der Waals surface area (Å²) in [5.74, 6) is 2.96. The third-order valence-corrected chi connectivity index (χ3v) is 13.2. The first-order valence-electron chi connectivity index (χ1n) is 13.7. The quantitative estimate of drug-likeness (QED) is 0.250. The van der Waals surface area contributed by atoms with Crippen molar-refractivity contribution < 1.29 is 5.21 Å². The second-order valence-electron chi connectivity index (χ2n) is 14.2. The van der Waals surface area contributed by atoms with Gasteiger partial charge in [-0.25, -0.2) is 0 Å². The number of fused-ring (bicyclic) bond motifs is 7. The van der Waals surface area contributed by atoms with Gasteiger partial charge in [-0.3, -0.25) is 0 Å². The number of hydrogen-bond acceptors (Lipinski definition) is 3. The summed E-state index contributed by atoms with van der Waals surface area (Å²) in [5, 5.41) is 23.9. The van der Waals surface area contributed by atoms with Crippen molar-refractivity contribution in [3.63, 3.8) is 0 Å². The molecule has 0 saturated heterocycles. The van der Waals surface area contributed by atoms with Gasteiger partial charge in [0.2, 0.25) is 0 Å². The van der Waals surface area contributed by atoms with E-state index in [0.29, 0.717) is 45.8 Å². The van der Waals surface area contributed by atoms with Crippen LogP contribution in [0.1, 0.15) is 106 Å². The second kappa shape index (κ2) is 7.11. The zero-order valence-electron chi connectivity index (χ0n) is 22.0. The maximum absolute atomic E-state index is 10.4. The van der Waals surface area contributed by atoms with Crippen molar-refractivity contribution >= 4 is 5.71 Å². The van der Waals surface area contributed by atoms with E-state index in [2.05, 4.69) is 59.3 Å². The van der Waals surface area contributed by atoms with E-state index in [9.17, 15) is 10.5 Å². The Bertz CT molecular complexity index is 928. The van der Waals surface area contributed by atoms with Crippen LogP contribution in [0.25, 0.3) is 0 Å². The third-order valence-electron chi connectivity index (χ3n) is 13.2. The van der Waals surface area contributed by atoms with Crippen LogP contribution in [0.4, 0.5) is 0 Å². The maximum Gasteiger partial charge on any atom is 0.0693 e. The molecule has 0 amide bonds. The summed E-state index contributed by atoms with van der Waals surface area (Å²) < 4.78 is 0. The molecule has 3 heteroatoms. The van der Waals surface area contributed by atoms with E-state index >= 15 is 0 Å². The lowest BCUT2D eigenvalue weighted by molar-refractivity contribution is -0.223. The normalized spacial score (nSPS) is 53.8. The molecule has 5 aliphatic rings. The lowest BCUT2D eigenvalue weighted by Gasteiger charge is -2.72. The van der Waals surface area contributed by atoms with Gasteiger partial charge < -0.3 is 5.21 Å². The molecule has 5 saturated carbocycles. The number of allylic oxidation sites excluding steroid dienone is 1. The van der Waals surface area contributed by atoms with Gasteiger partial charge in [0.15, 0.2) is 0 Å². The molecule has 4 unspecified atom stereocenters. The summed E-state index contributed by atoms with van der Waals surface area (Å²) in [6, 6.07) is 2.90. The first-order valence-corrected chi connectivity index (χ1v) is 13.7. The fraction of sp³-hybridized carbons (Fsp3) is 0.867. The fourth-order valence-electron chi connectivity index (χ4n) is 11.3. The minimum Gasteiger partial charge on any atom is -0.411 e. The van der Waals surface area contributed by atoms with Crippen LogP contribution < -0.4 is 0 Å². The lowest BCUT2D eigenvalue weighted by atomic mass is 9.32. The lowest BCUT2D eigenvalue weighted by Crippen LogP contribution is -2.66. The molecule has 5 fully saturated rings. The summed E-state index contributed by atoms with van der Waals surface area (Å²) in [4.78, 5) is 0. The van der Waals surface area contributed by atoms with Crippen molar-refractivity contribution in [1.82, 2.24) is 0 Å². The number of nitrogens with zero attached hydrogens (tertiary/aromatic N) is 2. The van der Waals surface area contributed by atoms with E-state index in [1.807, 2.05) is 0 Å². The molecule has 3 nitrogen and oxygen atoms in total. The summed E-state index contributed by atoms with van der Waals surface area (Å²) in [6.07, 6.45) is 11.7. The van der Waals surface area contributed by atoms with E-state index < -0.39 is 0 Å². The summed E-state index contributed by atoms with van der Waals surface area (Å²) in [5.41, 5.74) is 3.09. The van der Waals surface area contributed by atoms with Gasteiger partial charge in [0.1, 0.15) is 0 Å². The summed E-state index contributed by atoms with van der Waals surface area (Å²) in [7, 11) is 0. The molecule has 0 spiro atoms. The monoisotopic (exact) mass is 450 g/mol. The molecule has 0 aromatic carbocycles. The molecule has 9 atom stereocenters. The molecule has 1 N–H and O–H groups in total. The first kappa shape index (κ1) is 23.4. The molecule has 0 aromatic rings. The smallest absolute Gasteiger partial charge is 0.0693 e. The van der Waals surface area contributed by atoms with Crippen molar-refractivity contribution in [3.8, 4) is 6.07 Å². The minimum atomic E-state index is -0.114. The standard InChI is InChI=1S/C30H46N2O/c1-19(2)20-10-15-30(18-31)17-16-28(6)21(25(20)30)8-9-23-27(5)13-12-24(32-33)26(3,4)22(27)11-14-29(23,28)7/h20-23,25,33H,1,8-17H2,2-7H3/b32-24+/t20-,21?,22?,23?,25?,27-,28+,29+,30+/m0/s1. The van der Waals surface area contributed by atoms with Crippen molar-refractivity contribution in [2.24, 2.45) is 61.8 Å². The van der Waals surface area contributed by atoms with Crippen molar-refractivity contribution in [3.05, 3.63) is 12.2 Å². The predicted octanol–water partition coefficient (Wildman–Crippen LogP) is 8.00. The molecule has 5 aliphatic carbocycles. The average molecular weight is 451 g/mol. The topological polar surface area (TPSA) is 56.4 Å². The minimum absolute atomic E-state index is 0.0279. The van der Waals surface area contributed by atoms with E-state index in [-0.39, 0.29) is 10.8 Å². The van der Waals surface area contributed by atoms with Gasteiger partial charge in [-0.1, -0.05) is 51.9 Å². The molecule has 0 aliphatic heterocycles. The van der Waals surface area contributed by atoms with Crippen LogP contribution in [0, 0.1) is 68.0 Å². The Hall–Kier alpha value is -1.30. The Kier molecular flexibility index (Phi) is 5.05. The zero-order chi connectivity index (χ0) is 24.0. The van der Waals surface area contributed by atoms with E-state index in [1.54, 1.807) is 0 Å². The number of rotatable bonds is 1. The molecular formula is C30H46N2O.